The van der Waals surface area contributed by atoms with Gasteiger partial charge in [0.05, 0.1) is 7.11 Å². The summed E-state index contributed by atoms with van der Waals surface area (Å²) < 4.78 is 5.38. The number of piperidine rings is 1. The predicted molar refractivity (Wildman–Crippen MR) is 115 cm³/mol. The van der Waals surface area contributed by atoms with Gasteiger partial charge in [-0.05, 0) is 68.1 Å². The van der Waals surface area contributed by atoms with E-state index in [1.807, 2.05) is 30.3 Å². The molecule has 2 aromatic rings. The molecule has 0 spiro atoms. The number of methoxy groups -OCH3 is 1. The molecule has 1 fully saturated rings. The lowest BCUT2D eigenvalue weighted by Gasteiger charge is -2.32. The number of aromatic hydroxyl groups is 1. The molecule has 0 bridgehead atoms. The van der Waals surface area contributed by atoms with Gasteiger partial charge in [0, 0.05) is 30.1 Å². The van der Waals surface area contributed by atoms with Crippen molar-refractivity contribution in [3.8, 4) is 11.5 Å². The van der Waals surface area contributed by atoms with Crippen LogP contribution in [0.4, 0.5) is 0 Å². The van der Waals surface area contributed by atoms with Gasteiger partial charge in [-0.15, -0.1) is 0 Å². The Labute approximate surface area is 177 Å². The number of hydrogen-bond acceptors (Lipinski definition) is 4. The molecule has 1 aliphatic heterocycles. The molecule has 0 aromatic heterocycles. The maximum atomic E-state index is 12.2. The first-order valence-corrected chi connectivity index (χ1v) is 10.5. The number of nitrogens with zero attached hydrogens (tertiary/aromatic N) is 1. The first kappa shape index (κ1) is 21.5. The first-order chi connectivity index (χ1) is 14.0. The lowest BCUT2D eigenvalue weighted by Crippen LogP contribution is -2.34. The fourth-order valence-corrected chi connectivity index (χ4v) is 4.05. The average molecular weight is 417 g/mol. The second kappa shape index (κ2) is 10.5. The number of phenols is 1. The van der Waals surface area contributed by atoms with Crippen molar-refractivity contribution < 1.29 is 14.6 Å². The van der Waals surface area contributed by atoms with Gasteiger partial charge in [-0.25, -0.2) is 0 Å². The fraction of sp³-hybridized carbons (Fsp3) is 0.435. The quantitative estimate of drug-likeness (QED) is 0.671. The van der Waals surface area contributed by atoms with Crippen molar-refractivity contribution in [3.63, 3.8) is 0 Å². The normalized spacial score (nSPS) is 15.2. The molecule has 6 heteroatoms. The number of amides is 1. The van der Waals surface area contributed by atoms with Gasteiger partial charge in [-0.2, -0.15) is 0 Å². The van der Waals surface area contributed by atoms with E-state index in [1.165, 1.54) is 0 Å². The first-order valence-electron chi connectivity index (χ1n) is 10.1. The molecular formula is C23H29ClN2O3. The van der Waals surface area contributed by atoms with E-state index in [-0.39, 0.29) is 11.7 Å². The molecule has 2 N–H and O–H groups in total. The zero-order valence-corrected chi connectivity index (χ0v) is 17.6. The highest BCUT2D eigenvalue weighted by Gasteiger charge is 2.22. The number of nitrogens with one attached hydrogen (secondary N) is 1. The zero-order chi connectivity index (χ0) is 20.6. The minimum Gasteiger partial charge on any atom is -0.507 e. The van der Waals surface area contributed by atoms with Crippen molar-refractivity contribution in [2.45, 2.75) is 38.8 Å². The molecule has 0 radical (unpaired) electrons. The van der Waals surface area contributed by atoms with E-state index < -0.39 is 0 Å². The number of rotatable bonds is 8. The second-order valence-electron chi connectivity index (χ2n) is 7.62. The Hall–Kier alpha value is -2.24. The van der Waals surface area contributed by atoms with Crippen molar-refractivity contribution in [2.24, 2.45) is 5.92 Å². The van der Waals surface area contributed by atoms with E-state index in [9.17, 15) is 9.90 Å². The smallest absolute Gasteiger partial charge is 0.220 e. The molecule has 1 aliphatic rings. The Morgan fingerprint density at radius 1 is 1.24 bits per heavy atom. The number of halogens is 1. The number of likely N-dealkylation sites (tertiary alicyclic amines) is 1. The number of hydrogen-bond donors (Lipinski definition) is 2. The molecule has 1 amide bonds. The van der Waals surface area contributed by atoms with Crippen LogP contribution in [0, 0.1) is 5.92 Å². The summed E-state index contributed by atoms with van der Waals surface area (Å²) in [4.78, 5) is 14.5. The maximum absolute atomic E-state index is 12.2. The van der Waals surface area contributed by atoms with Crippen LogP contribution in [0.3, 0.4) is 0 Å². The van der Waals surface area contributed by atoms with Crippen LogP contribution in [-0.4, -0.2) is 36.1 Å². The summed E-state index contributed by atoms with van der Waals surface area (Å²) in [5.41, 5.74) is 1.85. The summed E-state index contributed by atoms with van der Waals surface area (Å²) in [7, 11) is 1.63. The summed E-state index contributed by atoms with van der Waals surface area (Å²) in [5.74, 6) is 1.66. The SMILES string of the molecule is COc1cccc(O)c1CN1CCC(CCC(=O)NCc2cccc(Cl)c2)CC1. The molecule has 156 valence electrons. The molecule has 0 unspecified atom stereocenters. The summed E-state index contributed by atoms with van der Waals surface area (Å²) in [5, 5.41) is 13.8. The van der Waals surface area contributed by atoms with Gasteiger partial charge >= 0.3 is 0 Å². The molecule has 29 heavy (non-hydrogen) atoms. The summed E-state index contributed by atoms with van der Waals surface area (Å²) in [6.07, 6.45) is 3.60. The fourth-order valence-electron chi connectivity index (χ4n) is 3.83. The Bertz CT molecular complexity index is 820. The van der Waals surface area contributed by atoms with Gasteiger partial charge in [0.2, 0.25) is 5.91 Å². The molecule has 5 nitrogen and oxygen atoms in total. The number of carbonyl (C=O) groups is 1. The second-order valence-corrected chi connectivity index (χ2v) is 8.06. The topological polar surface area (TPSA) is 61.8 Å². The number of phenolic OH excluding ortho intramolecular Hbond substituents is 1. The minimum atomic E-state index is 0.0892. The van der Waals surface area contributed by atoms with Gasteiger partial charge in [0.25, 0.3) is 0 Å². The van der Waals surface area contributed by atoms with E-state index >= 15 is 0 Å². The third-order valence-electron chi connectivity index (χ3n) is 5.58. The Morgan fingerprint density at radius 2 is 2.00 bits per heavy atom. The van der Waals surface area contributed by atoms with E-state index in [2.05, 4.69) is 10.2 Å². The van der Waals surface area contributed by atoms with Crippen LogP contribution in [0.15, 0.2) is 42.5 Å². The number of ether oxygens (including phenoxy) is 1. The summed E-state index contributed by atoms with van der Waals surface area (Å²) in [6.45, 7) is 3.13. The molecule has 2 aromatic carbocycles. The van der Waals surface area contributed by atoms with Crippen molar-refractivity contribution in [2.75, 3.05) is 20.2 Å². The van der Waals surface area contributed by atoms with Crippen LogP contribution < -0.4 is 10.1 Å². The van der Waals surface area contributed by atoms with Crippen molar-refractivity contribution >= 4 is 17.5 Å². The Morgan fingerprint density at radius 3 is 2.72 bits per heavy atom. The highest BCUT2D eigenvalue weighted by atomic mass is 35.5. The van der Waals surface area contributed by atoms with E-state index in [1.54, 1.807) is 19.2 Å². The van der Waals surface area contributed by atoms with Gasteiger partial charge in [-0.1, -0.05) is 29.8 Å². The Balaban J connectivity index is 1.38. The average Bonchev–Trinajstić information content (AvgIpc) is 2.73. The summed E-state index contributed by atoms with van der Waals surface area (Å²) in [6, 6.07) is 12.9. The molecule has 0 atom stereocenters. The lowest BCUT2D eigenvalue weighted by molar-refractivity contribution is -0.121. The molecule has 1 heterocycles. The van der Waals surface area contributed by atoms with Crippen molar-refractivity contribution in [3.05, 3.63) is 58.6 Å². The maximum Gasteiger partial charge on any atom is 0.220 e. The van der Waals surface area contributed by atoms with Crippen LogP contribution in [0.1, 0.15) is 36.8 Å². The van der Waals surface area contributed by atoms with Gasteiger partial charge in [0.1, 0.15) is 11.5 Å². The van der Waals surface area contributed by atoms with Crippen molar-refractivity contribution in [1.29, 1.82) is 0 Å². The van der Waals surface area contributed by atoms with Gasteiger partial charge in [0.15, 0.2) is 0 Å². The molecule has 1 saturated heterocycles. The van der Waals surface area contributed by atoms with Crippen LogP contribution in [0.2, 0.25) is 5.02 Å². The van der Waals surface area contributed by atoms with Crippen LogP contribution in [-0.2, 0) is 17.9 Å². The van der Waals surface area contributed by atoms with Crippen LogP contribution in [0.5, 0.6) is 11.5 Å². The lowest BCUT2D eigenvalue weighted by atomic mass is 9.91. The Kier molecular flexibility index (Phi) is 7.78. The largest absolute Gasteiger partial charge is 0.507 e. The molecule has 0 saturated carbocycles. The molecule has 3 rings (SSSR count). The highest BCUT2D eigenvalue weighted by Crippen LogP contribution is 2.30. The van der Waals surface area contributed by atoms with E-state index in [0.29, 0.717) is 30.5 Å². The van der Waals surface area contributed by atoms with E-state index in [4.69, 9.17) is 16.3 Å². The standard InChI is InChI=1S/C23H29ClN2O3/c1-29-22-7-3-6-21(27)20(22)16-26-12-10-17(11-13-26)8-9-23(28)25-15-18-4-2-5-19(24)14-18/h2-7,14,17,27H,8-13,15-16H2,1H3,(H,25,28). The minimum absolute atomic E-state index is 0.0892. The molecule has 0 aliphatic carbocycles. The third-order valence-corrected chi connectivity index (χ3v) is 5.81. The van der Waals surface area contributed by atoms with Gasteiger partial charge < -0.3 is 15.2 Å². The van der Waals surface area contributed by atoms with Crippen LogP contribution in [0.25, 0.3) is 0 Å². The van der Waals surface area contributed by atoms with E-state index in [0.717, 1.165) is 49.2 Å². The van der Waals surface area contributed by atoms with Crippen molar-refractivity contribution in [1.82, 2.24) is 10.2 Å². The van der Waals surface area contributed by atoms with Gasteiger partial charge in [-0.3, -0.25) is 9.69 Å². The predicted octanol–water partition coefficient (Wildman–Crippen LogP) is 4.36. The summed E-state index contributed by atoms with van der Waals surface area (Å²) >= 11 is 5.97. The monoisotopic (exact) mass is 416 g/mol. The third kappa shape index (κ3) is 6.38. The molecular weight excluding hydrogens is 388 g/mol. The number of benzene rings is 2. The number of carbonyl (C=O) groups excluding carboxylic acids is 1. The highest BCUT2D eigenvalue weighted by molar-refractivity contribution is 6.30. The van der Waals surface area contributed by atoms with Crippen LogP contribution >= 0.6 is 11.6 Å². The zero-order valence-electron chi connectivity index (χ0n) is 16.9.